The van der Waals surface area contributed by atoms with Gasteiger partial charge in [-0.25, -0.2) is 0 Å². The second-order valence-corrected chi connectivity index (χ2v) is 8.45. The first-order chi connectivity index (χ1) is 16.5. The van der Waals surface area contributed by atoms with Gasteiger partial charge in [-0.1, -0.05) is 36.1 Å². The molecule has 9 nitrogen and oxygen atoms in total. The summed E-state index contributed by atoms with van der Waals surface area (Å²) in [6, 6.07) is 10.7. The Morgan fingerprint density at radius 2 is 1.26 bits per heavy atom. The molecule has 1 unspecified atom stereocenters. The van der Waals surface area contributed by atoms with Crippen LogP contribution in [0.25, 0.3) is 0 Å². The Morgan fingerprint density at radius 1 is 0.800 bits per heavy atom. The zero-order valence-corrected chi connectivity index (χ0v) is 22.4. The van der Waals surface area contributed by atoms with E-state index < -0.39 is 17.7 Å². The normalized spacial score (nSPS) is 11.1. The Labute approximate surface area is 216 Å². The molecule has 2 amide bonds. The van der Waals surface area contributed by atoms with Crippen molar-refractivity contribution in [2.24, 2.45) is 5.92 Å². The van der Waals surface area contributed by atoms with Gasteiger partial charge in [-0.05, 0) is 44.2 Å². The van der Waals surface area contributed by atoms with Crippen molar-refractivity contribution in [3.63, 3.8) is 0 Å². The lowest BCUT2D eigenvalue weighted by molar-refractivity contribution is -0.137. The Bertz CT molecular complexity index is 1130. The van der Waals surface area contributed by atoms with Crippen molar-refractivity contribution < 1.29 is 23.8 Å². The number of hydrogen-bond donors (Lipinski definition) is 2. The van der Waals surface area contributed by atoms with Crippen LogP contribution in [0.5, 0.6) is 17.2 Å². The topological polar surface area (TPSA) is 92.4 Å². The van der Waals surface area contributed by atoms with Crippen LogP contribution in [0.4, 0.5) is 0 Å². The predicted molar refractivity (Wildman–Crippen MR) is 142 cm³/mol. The third-order valence-corrected chi connectivity index (χ3v) is 6.16. The van der Waals surface area contributed by atoms with Gasteiger partial charge >= 0.3 is 0 Å². The maximum atomic E-state index is 12.8. The van der Waals surface area contributed by atoms with Crippen molar-refractivity contribution >= 4 is 46.2 Å². The number of rotatable bonds is 7. The van der Waals surface area contributed by atoms with E-state index in [1.165, 1.54) is 31.2 Å². The van der Waals surface area contributed by atoms with Crippen LogP contribution in [-0.2, 0) is 9.59 Å². The van der Waals surface area contributed by atoms with Crippen molar-refractivity contribution in [3.8, 4) is 17.2 Å². The standard InChI is InChI=1S/C24H30N4O5S2/c1-14-8-10-19(32-6)17(12-14)23(34)27(3)25-21(29)15(2)22(30)26-28(4)24(35)18-13-16(31-5)9-11-20(18)33-7/h8-13,15H,1-7H3,(H,25,29)(H,26,30). The number of nitrogens with zero attached hydrogens (tertiary/aromatic N) is 2. The molecule has 11 heteroatoms. The fraction of sp³-hybridized carbons (Fsp3) is 0.333. The minimum absolute atomic E-state index is 0.284. The minimum Gasteiger partial charge on any atom is -0.497 e. The fourth-order valence-electron chi connectivity index (χ4n) is 3.08. The van der Waals surface area contributed by atoms with Crippen LogP contribution in [0.15, 0.2) is 36.4 Å². The highest BCUT2D eigenvalue weighted by Gasteiger charge is 2.26. The summed E-state index contributed by atoms with van der Waals surface area (Å²) in [5.74, 6) is -0.462. The largest absolute Gasteiger partial charge is 0.497 e. The van der Waals surface area contributed by atoms with Crippen LogP contribution in [0.3, 0.4) is 0 Å². The number of carbonyl (C=O) groups is 2. The number of thiocarbonyl (C=S) groups is 2. The summed E-state index contributed by atoms with van der Waals surface area (Å²) in [4.78, 5) is 26.2. The lowest BCUT2D eigenvalue weighted by Gasteiger charge is -2.26. The van der Waals surface area contributed by atoms with Crippen molar-refractivity contribution in [1.29, 1.82) is 0 Å². The summed E-state index contributed by atoms with van der Waals surface area (Å²) in [5.41, 5.74) is 7.47. The summed E-state index contributed by atoms with van der Waals surface area (Å²) in [5, 5.41) is 2.74. The molecule has 0 heterocycles. The number of ether oxygens (including phenoxy) is 3. The Balaban J connectivity index is 2.06. The van der Waals surface area contributed by atoms with E-state index in [1.807, 2.05) is 19.1 Å². The van der Waals surface area contributed by atoms with E-state index in [-0.39, 0.29) is 4.99 Å². The van der Waals surface area contributed by atoms with E-state index in [0.29, 0.717) is 33.4 Å². The number of methoxy groups -OCH3 is 3. The van der Waals surface area contributed by atoms with Gasteiger partial charge in [-0.2, -0.15) is 0 Å². The summed E-state index contributed by atoms with van der Waals surface area (Å²) in [7, 11) is 7.78. The number of amides is 2. The highest BCUT2D eigenvalue weighted by atomic mass is 32.1. The molecule has 0 saturated carbocycles. The molecule has 0 aromatic heterocycles. The van der Waals surface area contributed by atoms with Crippen LogP contribution in [0, 0.1) is 12.8 Å². The number of benzene rings is 2. The van der Waals surface area contributed by atoms with Crippen molar-refractivity contribution in [2.75, 3.05) is 35.4 Å². The Hall–Kier alpha value is -3.44. The quantitative estimate of drug-likeness (QED) is 0.326. The maximum absolute atomic E-state index is 12.8. The molecule has 2 rings (SSSR count). The van der Waals surface area contributed by atoms with E-state index in [9.17, 15) is 9.59 Å². The Kier molecular flexibility index (Phi) is 9.78. The molecule has 35 heavy (non-hydrogen) atoms. The highest BCUT2D eigenvalue weighted by molar-refractivity contribution is 7.81. The zero-order valence-electron chi connectivity index (χ0n) is 20.8. The average Bonchev–Trinajstić information content (AvgIpc) is 2.86. The first-order valence-electron chi connectivity index (χ1n) is 10.6. The first-order valence-corrected chi connectivity index (χ1v) is 11.4. The van der Waals surface area contributed by atoms with Gasteiger partial charge in [0, 0.05) is 14.1 Å². The zero-order chi connectivity index (χ0) is 26.3. The monoisotopic (exact) mass is 518 g/mol. The van der Waals surface area contributed by atoms with Crippen LogP contribution >= 0.6 is 24.4 Å². The third-order valence-electron chi connectivity index (χ3n) is 5.17. The van der Waals surface area contributed by atoms with Crippen LogP contribution in [0.2, 0.25) is 0 Å². The van der Waals surface area contributed by atoms with E-state index in [0.717, 1.165) is 5.56 Å². The Morgan fingerprint density at radius 3 is 1.71 bits per heavy atom. The third kappa shape index (κ3) is 6.80. The molecule has 0 radical (unpaired) electrons. The van der Waals surface area contributed by atoms with E-state index in [2.05, 4.69) is 10.9 Å². The minimum atomic E-state index is -1.04. The van der Waals surface area contributed by atoms with Gasteiger partial charge < -0.3 is 14.2 Å². The second-order valence-electron chi connectivity index (χ2n) is 7.67. The molecular formula is C24H30N4O5S2. The van der Waals surface area contributed by atoms with Crippen LogP contribution < -0.4 is 25.1 Å². The number of carbonyl (C=O) groups excluding carboxylic acids is 2. The summed E-state index contributed by atoms with van der Waals surface area (Å²) < 4.78 is 16.0. The number of nitrogens with one attached hydrogen (secondary N) is 2. The average molecular weight is 519 g/mol. The second kappa shape index (κ2) is 12.3. The molecule has 0 aliphatic rings. The SMILES string of the molecule is COc1ccc(OC)c(C(=S)N(C)NC(=O)C(C)C(=O)NN(C)C(=S)c2cc(C)ccc2OC)c1. The molecule has 0 fully saturated rings. The smallest absolute Gasteiger partial charge is 0.250 e. The molecule has 0 aliphatic heterocycles. The molecule has 0 aliphatic carbocycles. The summed E-state index contributed by atoms with van der Waals surface area (Å²) >= 11 is 11.0. The van der Waals surface area contributed by atoms with Crippen LogP contribution in [0.1, 0.15) is 23.6 Å². The van der Waals surface area contributed by atoms with Gasteiger partial charge in [0.1, 0.15) is 33.1 Å². The van der Waals surface area contributed by atoms with Crippen LogP contribution in [-0.4, -0.2) is 67.2 Å². The van der Waals surface area contributed by atoms with Crippen molar-refractivity contribution in [3.05, 3.63) is 53.1 Å². The van der Waals surface area contributed by atoms with Crippen molar-refractivity contribution in [1.82, 2.24) is 20.9 Å². The predicted octanol–water partition coefficient (Wildman–Crippen LogP) is 2.63. The maximum Gasteiger partial charge on any atom is 0.250 e. The molecule has 0 spiro atoms. The number of hydrogen-bond acceptors (Lipinski definition) is 7. The highest BCUT2D eigenvalue weighted by Crippen LogP contribution is 2.25. The first kappa shape index (κ1) is 27.8. The molecule has 2 aromatic carbocycles. The summed E-state index contributed by atoms with van der Waals surface area (Å²) in [6.07, 6.45) is 0. The van der Waals surface area contributed by atoms with Gasteiger partial charge in [0.2, 0.25) is 0 Å². The fourth-order valence-corrected chi connectivity index (χ4v) is 3.49. The van der Waals surface area contributed by atoms with Gasteiger partial charge in [-0.15, -0.1) is 0 Å². The molecule has 0 saturated heterocycles. The van der Waals surface area contributed by atoms with Gasteiger partial charge in [-0.3, -0.25) is 30.5 Å². The lowest BCUT2D eigenvalue weighted by Crippen LogP contribution is -2.51. The van der Waals surface area contributed by atoms with Crippen molar-refractivity contribution in [2.45, 2.75) is 13.8 Å². The molecular weight excluding hydrogens is 488 g/mol. The molecule has 1 atom stereocenters. The van der Waals surface area contributed by atoms with Gasteiger partial charge in [0.25, 0.3) is 11.8 Å². The molecule has 0 bridgehead atoms. The van der Waals surface area contributed by atoms with Gasteiger partial charge in [0.15, 0.2) is 0 Å². The van der Waals surface area contributed by atoms with E-state index in [1.54, 1.807) is 45.5 Å². The molecule has 2 N–H and O–H groups in total. The summed E-state index contributed by atoms with van der Waals surface area (Å²) in [6.45, 7) is 3.41. The van der Waals surface area contributed by atoms with Gasteiger partial charge in [0.05, 0.1) is 32.5 Å². The molecule has 2 aromatic rings. The number of aryl methyl sites for hydroxylation is 1. The number of hydrazine groups is 2. The van der Waals surface area contributed by atoms with E-state index in [4.69, 9.17) is 38.6 Å². The van der Waals surface area contributed by atoms with E-state index >= 15 is 0 Å². The lowest BCUT2D eigenvalue weighted by atomic mass is 10.1. The molecule has 188 valence electrons.